The Kier molecular flexibility index (Phi) is 5.93. The van der Waals surface area contributed by atoms with Crippen molar-refractivity contribution in [1.29, 1.82) is 0 Å². The average molecular weight is 386 g/mol. The summed E-state index contributed by atoms with van der Waals surface area (Å²) in [6.07, 6.45) is 1.40. The molecular weight excluding hydrogens is 364 g/mol. The Bertz CT molecular complexity index is 865. The third-order valence-electron chi connectivity index (χ3n) is 4.53. The first kappa shape index (κ1) is 19.4. The molecule has 1 aromatic heterocycles. The maximum atomic E-state index is 11.8. The zero-order valence-corrected chi connectivity index (χ0v) is 15.8. The van der Waals surface area contributed by atoms with Crippen LogP contribution in [0.2, 0.25) is 0 Å². The molecule has 1 aliphatic rings. The van der Waals surface area contributed by atoms with E-state index >= 15 is 0 Å². The van der Waals surface area contributed by atoms with Crippen molar-refractivity contribution in [2.75, 3.05) is 38.2 Å². The van der Waals surface area contributed by atoms with Crippen LogP contribution in [0.3, 0.4) is 0 Å². The lowest BCUT2D eigenvalue weighted by Crippen LogP contribution is -2.48. The van der Waals surface area contributed by atoms with Crippen molar-refractivity contribution < 1.29 is 24.2 Å². The van der Waals surface area contributed by atoms with Gasteiger partial charge in [0, 0.05) is 38.4 Å². The first-order valence-electron chi connectivity index (χ1n) is 8.96. The number of carbonyl (C=O) groups is 2. The summed E-state index contributed by atoms with van der Waals surface area (Å²) in [6, 6.07) is 6.80. The smallest absolute Gasteiger partial charge is 0.407 e. The Morgan fingerprint density at radius 3 is 2.57 bits per heavy atom. The van der Waals surface area contributed by atoms with E-state index < -0.39 is 12.1 Å². The van der Waals surface area contributed by atoms with Gasteiger partial charge >= 0.3 is 12.1 Å². The average Bonchev–Trinajstić information content (AvgIpc) is 2.73. The van der Waals surface area contributed by atoms with Crippen LogP contribution in [-0.4, -0.2) is 65.3 Å². The quantitative estimate of drug-likeness (QED) is 0.781. The van der Waals surface area contributed by atoms with Gasteiger partial charge in [0.1, 0.15) is 5.75 Å². The summed E-state index contributed by atoms with van der Waals surface area (Å²) < 4.78 is 10.7. The number of aryl methyl sites for hydroxylation is 1. The molecule has 0 spiro atoms. The summed E-state index contributed by atoms with van der Waals surface area (Å²) in [5.41, 5.74) is 1.33. The molecule has 9 heteroatoms. The molecule has 0 saturated carbocycles. The summed E-state index contributed by atoms with van der Waals surface area (Å²) in [6.45, 7) is 3.80. The Morgan fingerprint density at radius 1 is 1.18 bits per heavy atom. The molecule has 9 nitrogen and oxygen atoms in total. The highest BCUT2D eigenvalue weighted by molar-refractivity contribution is 5.90. The molecule has 3 rings (SSSR count). The van der Waals surface area contributed by atoms with Crippen molar-refractivity contribution in [2.45, 2.75) is 13.3 Å². The van der Waals surface area contributed by atoms with Gasteiger partial charge in [0.15, 0.2) is 0 Å². The lowest BCUT2D eigenvalue weighted by Gasteiger charge is -2.33. The van der Waals surface area contributed by atoms with E-state index in [1.807, 2.05) is 17.9 Å². The molecule has 1 aliphatic heterocycles. The van der Waals surface area contributed by atoms with E-state index in [2.05, 4.69) is 9.97 Å². The van der Waals surface area contributed by atoms with Gasteiger partial charge in [0.2, 0.25) is 11.8 Å². The van der Waals surface area contributed by atoms with Crippen LogP contribution in [0.25, 0.3) is 0 Å². The topological polar surface area (TPSA) is 105 Å². The molecule has 2 aromatic rings. The van der Waals surface area contributed by atoms with Crippen molar-refractivity contribution in [1.82, 2.24) is 14.9 Å². The van der Waals surface area contributed by atoms with Gasteiger partial charge in [0.05, 0.1) is 12.7 Å². The molecular formula is C19H22N4O5. The van der Waals surface area contributed by atoms with Gasteiger partial charge in [-0.2, -0.15) is 4.98 Å². The van der Waals surface area contributed by atoms with Crippen LogP contribution >= 0.6 is 0 Å². The monoisotopic (exact) mass is 386 g/mol. The second-order valence-electron chi connectivity index (χ2n) is 6.22. The number of esters is 1. The number of carbonyl (C=O) groups excluding carboxylic acids is 1. The molecule has 0 unspecified atom stereocenters. The molecule has 1 N–H and O–H groups in total. The van der Waals surface area contributed by atoms with Crippen molar-refractivity contribution in [3.05, 3.63) is 41.6 Å². The van der Waals surface area contributed by atoms with Crippen molar-refractivity contribution >= 4 is 18.0 Å². The van der Waals surface area contributed by atoms with Crippen LogP contribution in [-0.2, 0) is 11.2 Å². The third kappa shape index (κ3) is 4.30. The number of methoxy groups -OCH3 is 1. The number of anilines is 1. The number of aromatic nitrogens is 2. The molecule has 28 heavy (non-hydrogen) atoms. The fourth-order valence-corrected chi connectivity index (χ4v) is 2.94. The molecule has 0 aliphatic carbocycles. The van der Waals surface area contributed by atoms with Gasteiger partial charge in [-0.15, -0.1) is 0 Å². The second kappa shape index (κ2) is 8.55. The van der Waals surface area contributed by atoms with Crippen LogP contribution in [0.4, 0.5) is 10.7 Å². The van der Waals surface area contributed by atoms with E-state index in [9.17, 15) is 9.59 Å². The maximum Gasteiger partial charge on any atom is 0.407 e. The molecule has 1 fully saturated rings. The van der Waals surface area contributed by atoms with Crippen LogP contribution in [0.5, 0.6) is 11.6 Å². The SMILES string of the molecule is CCc1ccc(C(=O)OC)cc1Oc1ccnc(N2CCN(C(=O)O)CC2)n1. The number of piperazine rings is 1. The largest absolute Gasteiger partial charge is 0.465 e. The Hall–Kier alpha value is -3.36. The molecule has 0 radical (unpaired) electrons. The van der Waals surface area contributed by atoms with Crippen LogP contribution in [0.1, 0.15) is 22.8 Å². The van der Waals surface area contributed by atoms with E-state index in [-0.39, 0.29) is 0 Å². The highest BCUT2D eigenvalue weighted by atomic mass is 16.5. The van der Waals surface area contributed by atoms with Gasteiger partial charge in [-0.25, -0.2) is 14.6 Å². The first-order valence-corrected chi connectivity index (χ1v) is 8.96. The van der Waals surface area contributed by atoms with Crippen LogP contribution < -0.4 is 9.64 Å². The van der Waals surface area contributed by atoms with E-state index in [1.54, 1.807) is 24.4 Å². The van der Waals surface area contributed by atoms with Gasteiger partial charge < -0.3 is 24.4 Å². The fourth-order valence-electron chi connectivity index (χ4n) is 2.94. The number of carboxylic acid groups (broad SMARTS) is 1. The number of nitrogens with zero attached hydrogens (tertiary/aromatic N) is 4. The number of ether oxygens (including phenoxy) is 2. The predicted octanol–water partition coefficient (Wildman–Crippen LogP) is 2.42. The zero-order valence-electron chi connectivity index (χ0n) is 15.8. The highest BCUT2D eigenvalue weighted by Gasteiger charge is 2.22. The minimum Gasteiger partial charge on any atom is -0.465 e. The van der Waals surface area contributed by atoms with Crippen molar-refractivity contribution in [3.8, 4) is 11.6 Å². The molecule has 1 aromatic carbocycles. The second-order valence-corrected chi connectivity index (χ2v) is 6.22. The lowest BCUT2D eigenvalue weighted by atomic mass is 10.1. The molecule has 0 atom stereocenters. The zero-order chi connectivity index (χ0) is 20.1. The van der Waals surface area contributed by atoms with Crippen molar-refractivity contribution in [2.24, 2.45) is 0 Å². The number of hydrogen-bond acceptors (Lipinski definition) is 7. The molecule has 1 amide bonds. The number of amides is 1. The van der Waals surface area contributed by atoms with Gasteiger partial charge in [-0.3, -0.25) is 0 Å². The Morgan fingerprint density at radius 2 is 1.93 bits per heavy atom. The summed E-state index contributed by atoms with van der Waals surface area (Å²) in [7, 11) is 1.33. The van der Waals surface area contributed by atoms with E-state index in [4.69, 9.17) is 14.6 Å². The van der Waals surface area contributed by atoms with Crippen LogP contribution in [0.15, 0.2) is 30.5 Å². The summed E-state index contributed by atoms with van der Waals surface area (Å²) >= 11 is 0. The van der Waals surface area contributed by atoms with E-state index in [0.717, 1.165) is 12.0 Å². The summed E-state index contributed by atoms with van der Waals surface area (Å²) in [4.78, 5) is 34.8. The molecule has 2 heterocycles. The molecule has 0 bridgehead atoms. The van der Waals surface area contributed by atoms with E-state index in [1.165, 1.54) is 12.0 Å². The number of hydrogen-bond donors (Lipinski definition) is 1. The lowest BCUT2D eigenvalue weighted by molar-refractivity contribution is 0.0600. The predicted molar refractivity (Wildman–Crippen MR) is 101 cm³/mol. The molecule has 148 valence electrons. The highest BCUT2D eigenvalue weighted by Crippen LogP contribution is 2.27. The molecule has 1 saturated heterocycles. The van der Waals surface area contributed by atoms with Gasteiger partial charge in [0.25, 0.3) is 0 Å². The standard InChI is InChI=1S/C19H22N4O5/c1-3-13-4-5-14(17(24)27-2)12-15(13)28-16-6-7-20-18(21-16)22-8-10-23(11-9-22)19(25)26/h4-7,12H,3,8-11H2,1-2H3,(H,25,26). The minimum absolute atomic E-state index is 0.349. The first-order chi connectivity index (χ1) is 13.5. The van der Waals surface area contributed by atoms with Gasteiger partial charge in [-0.1, -0.05) is 13.0 Å². The van der Waals surface area contributed by atoms with Crippen molar-refractivity contribution in [3.63, 3.8) is 0 Å². The third-order valence-corrected chi connectivity index (χ3v) is 4.53. The van der Waals surface area contributed by atoms with Crippen LogP contribution in [0, 0.1) is 0 Å². The number of benzene rings is 1. The van der Waals surface area contributed by atoms with E-state index in [0.29, 0.717) is 49.3 Å². The summed E-state index contributed by atoms with van der Waals surface area (Å²) in [5, 5.41) is 9.06. The Labute approximate surface area is 162 Å². The normalized spacial score (nSPS) is 13.9. The fraction of sp³-hybridized carbons (Fsp3) is 0.368. The maximum absolute atomic E-state index is 11.8. The number of rotatable bonds is 5. The Balaban J connectivity index is 1.78. The van der Waals surface area contributed by atoms with Gasteiger partial charge in [-0.05, 0) is 24.1 Å². The summed E-state index contributed by atoms with van der Waals surface area (Å²) in [5.74, 6) is 0.921. The minimum atomic E-state index is -0.921.